The Kier molecular flexibility index (Phi) is 6.52. The molecule has 0 bridgehead atoms. The van der Waals surface area contributed by atoms with Gasteiger partial charge in [-0.15, -0.1) is 0 Å². The zero-order valence-corrected chi connectivity index (χ0v) is 11.0. The van der Waals surface area contributed by atoms with Crippen molar-refractivity contribution in [2.24, 2.45) is 0 Å². The number of rotatable bonds is 2. The first-order valence-electron chi connectivity index (χ1n) is 6.32. The molecule has 1 heterocycles. The fraction of sp³-hybridized carbons (Fsp3) is 0.462. The molecule has 6 nitrogen and oxygen atoms in total. The third kappa shape index (κ3) is 6.52. The lowest BCUT2D eigenvalue weighted by molar-refractivity contribution is -0.384. The van der Waals surface area contributed by atoms with Crippen LogP contribution in [0, 0.1) is 10.1 Å². The number of nitro groups is 1. The summed E-state index contributed by atoms with van der Waals surface area (Å²) in [6, 6.07) is 5.65. The number of hydrogen-bond donors (Lipinski definition) is 2. The SMILES string of the molecule is C1CCNCC1.CC(=O)Nc1ccc([N+](=O)[O-])cc1. The number of carbonyl (C=O) groups is 1. The van der Waals surface area contributed by atoms with Crippen molar-refractivity contribution in [1.29, 1.82) is 0 Å². The zero-order chi connectivity index (χ0) is 14.1. The number of amides is 1. The predicted octanol–water partition coefficient (Wildman–Crippen LogP) is 2.31. The Labute approximate surface area is 112 Å². The van der Waals surface area contributed by atoms with E-state index in [0.29, 0.717) is 5.69 Å². The number of benzene rings is 1. The summed E-state index contributed by atoms with van der Waals surface area (Å²) in [5, 5.41) is 16.0. The lowest BCUT2D eigenvalue weighted by atomic mass is 10.2. The van der Waals surface area contributed by atoms with E-state index in [4.69, 9.17) is 0 Å². The van der Waals surface area contributed by atoms with Crippen LogP contribution in [0.4, 0.5) is 11.4 Å². The van der Waals surface area contributed by atoms with Gasteiger partial charge < -0.3 is 10.6 Å². The Morgan fingerprint density at radius 3 is 2.11 bits per heavy atom. The number of carbonyl (C=O) groups excluding carboxylic acids is 1. The molecule has 0 unspecified atom stereocenters. The van der Waals surface area contributed by atoms with Gasteiger partial charge in [0.25, 0.3) is 5.69 Å². The van der Waals surface area contributed by atoms with Crippen molar-refractivity contribution >= 4 is 17.3 Å². The van der Waals surface area contributed by atoms with Gasteiger partial charge in [0.1, 0.15) is 0 Å². The lowest BCUT2D eigenvalue weighted by Crippen LogP contribution is -2.21. The van der Waals surface area contributed by atoms with Gasteiger partial charge in [-0.05, 0) is 38.1 Å². The number of nitro benzene ring substituents is 1. The summed E-state index contributed by atoms with van der Waals surface area (Å²) in [4.78, 5) is 20.4. The van der Waals surface area contributed by atoms with Gasteiger partial charge in [-0.25, -0.2) is 0 Å². The standard InChI is InChI=1S/C8H8N2O3.C5H11N/c1-6(11)9-7-2-4-8(5-3-7)10(12)13;1-2-4-6-5-3-1/h2-5H,1H3,(H,9,11);6H,1-5H2. The summed E-state index contributed by atoms with van der Waals surface area (Å²) >= 11 is 0. The summed E-state index contributed by atoms with van der Waals surface area (Å²) in [6.07, 6.45) is 4.22. The van der Waals surface area contributed by atoms with Gasteiger partial charge in [0.15, 0.2) is 0 Å². The van der Waals surface area contributed by atoms with Crippen LogP contribution in [0.25, 0.3) is 0 Å². The first-order valence-corrected chi connectivity index (χ1v) is 6.32. The van der Waals surface area contributed by atoms with Crippen molar-refractivity contribution in [1.82, 2.24) is 5.32 Å². The monoisotopic (exact) mass is 265 g/mol. The maximum Gasteiger partial charge on any atom is 0.269 e. The topological polar surface area (TPSA) is 84.3 Å². The van der Waals surface area contributed by atoms with Crippen LogP contribution in [0.1, 0.15) is 26.2 Å². The number of non-ortho nitro benzene ring substituents is 1. The van der Waals surface area contributed by atoms with Gasteiger partial charge >= 0.3 is 0 Å². The molecular formula is C13H19N3O3. The molecule has 1 fully saturated rings. The molecule has 104 valence electrons. The Morgan fingerprint density at radius 2 is 1.79 bits per heavy atom. The van der Waals surface area contributed by atoms with E-state index in [1.54, 1.807) is 0 Å². The molecule has 0 aromatic heterocycles. The molecule has 0 atom stereocenters. The molecule has 6 heteroatoms. The zero-order valence-electron chi connectivity index (χ0n) is 11.0. The minimum absolute atomic E-state index is 0.00843. The van der Waals surface area contributed by atoms with E-state index in [0.717, 1.165) is 0 Å². The quantitative estimate of drug-likeness (QED) is 0.635. The molecule has 0 aliphatic carbocycles. The van der Waals surface area contributed by atoms with Gasteiger partial charge in [-0.2, -0.15) is 0 Å². The average Bonchev–Trinajstić information content (AvgIpc) is 2.41. The second kappa shape index (κ2) is 8.20. The van der Waals surface area contributed by atoms with E-state index in [-0.39, 0.29) is 11.6 Å². The number of hydrogen-bond acceptors (Lipinski definition) is 4. The summed E-state index contributed by atoms with van der Waals surface area (Å²) in [5.74, 6) is -0.200. The molecule has 19 heavy (non-hydrogen) atoms. The molecule has 1 amide bonds. The van der Waals surface area contributed by atoms with Crippen LogP contribution >= 0.6 is 0 Å². The maximum atomic E-state index is 10.6. The highest BCUT2D eigenvalue weighted by atomic mass is 16.6. The van der Waals surface area contributed by atoms with Crippen LogP contribution in [-0.2, 0) is 4.79 Å². The number of anilines is 1. The second-order valence-corrected chi connectivity index (χ2v) is 4.30. The fourth-order valence-corrected chi connectivity index (χ4v) is 1.67. The normalized spacial score (nSPS) is 13.9. The third-order valence-corrected chi connectivity index (χ3v) is 2.61. The van der Waals surface area contributed by atoms with Crippen molar-refractivity contribution in [3.63, 3.8) is 0 Å². The van der Waals surface area contributed by atoms with Gasteiger partial charge in [0, 0.05) is 24.7 Å². The van der Waals surface area contributed by atoms with Gasteiger partial charge in [0.05, 0.1) is 4.92 Å². The number of nitrogens with one attached hydrogen (secondary N) is 2. The van der Waals surface area contributed by atoms with Crippen LogP contribution in [0.3, 0.4) is 0 Å². The highest BCUT2D eigenvalue weighted by Gasteiger charge is 2.03. The maximum absolute atomic E-state index is 10.6. The molecule has 1 aliphatic heterocycles. The highest BCUT2D eigenvalue weighted by molar-refractivity contribution is 5.88. The van der Waals surface area contributed by atoms with Gasteiger partial charge in [-0.1, -0.05) is 6.42 Å². The van der Waals surface area contributed by atoms with E-state index in [2.05, 4.69) is 10.6 Å². The van der Waals surface area contributed by atoms with E-state index in [9.17, 15) is 14.9 Å². The number of piperidine rings is 1. The van der Waals surface area contributed by atoms with Crippen LogP contribution < -0.4 is 10.6 Å². The van der Waals surface area contributed by atoms with Gasteiger partial charge in [-0.3, -0.25) is 14.9 Å². The van der Waals surface area contributed by atoms with Crippen LogP contribution in [-0.4, -0.2) is 23.9 Å². The molecule has 1 aliphatic rings. The minimum atomic E-state index is -0.489. The third-order valence-electron chi connectivity index (χ3n) is 2.61. The van der Waals surface area contributed by atoms with E-state index >= 15 is 0 Å². The molecule has 1 aromatic carbocycles. The number of nitrogens with zero attached hydrogens (tertiary/aromatic N) is 1. The van der Waals surface area contributed by atoms with E-state index in [1.165, 1.54) is 63.5 Å². The molecule has 1 aromatic rings. The second-order valence-electron chi connectivity index (χ2n) is 4.30. The fourth-order valence-electron chi connectivity index (χ4n) is 1.67. The van der Waals surface area contributed by atoms with Crippen LogP contribution in [0.5, 0.6) is 0 Å². The average molecular weight is 265 g/mol. The van der Waals surface area contributed by atoms with Crippen LogP contribution in [0.2, 0.25) is 0 Å². The van der Waals surface area contributed by atoms with E-state index in [1.807, 2.05) is 0 Å². The molecular weight excluding hydrogens is 246 g/mol. The van der Waals surface area contributed by atoms with Crippen molar-refractivity contribution < 1.29 is 9.72 Å². The Morgan fingerprint density at radius 1 is 1.21 bits per heavy atom. The predicted molar refractivity (Wildman–Crippen MR) is 74.1 cm³/mol. The first kappa shape index (κ1) is 15.1. The molecule has 0 spiro atoms. The van der Waals surface area contributed by atoms with Crippen LogP contribution in [0.15, 0.2) is 24.3 Å². The summed E-state index contributed by atoms with van der Waals surface area (Å²) in [6.45, 7) is 3.88. The van der Waals surface area contributed by atoms with Crippen molar-refractivity contribution in [2.45, 2.75) is 26.2 Å². The van der Waals surface area contributed by atoms with Crippen molar-refractivity contribution in [3.05, 3.63) is 34.4 Å². The summed E-state index contributed by atoms with van der Waals surface area (Å²) in [5.41, 5.74) is 0.562. The molecule has 2 rings (SSSR count). The highest BCUT2D eigenvalue weighted by Crippen LogP contribution is 2.14. The van der Waals surface area contributed by atoms with E-state index < -0.39 is 4.92 Å². The first-order chi connectivity index (χ1) is 9.09. The molecule has 1 saturated heterocycles. The summed E-state index contributed by atoms with van der Waals surface area (Å²) < 4.78 is 0. The lowest BCUT2D eigenvalue weighted by Gasteiger charge is -2.08. The Hall–Kier alpha value is -1.95. The smallest absolute Gasteiger partial charge is 0.269 e. The molecule has 0 saturated carbocycles. The Bertz CT molecular complexity index is 402. The Balaban J connectivity index is 0.000000250. The minimum Gasteiger partial charge on any atom is -0.326 e. The summed E-state index contributed by atoms with van der Waals surface area (Å²) in [7, 11) is 0. The largest absolute Gasteiger partial charge is 0.326 e. The molecule has 0 radical (unpaired) electrons. The van der Waals surface area contributed by atoms with Crippen molar-refractivity contribution in [3.8, 4) is 0 Å². The van der Waals surface area contributed by atoms with Crippen molar-refractivity contribution in [2.75, 3.05) is 18.4 Å². The molecule has 2 N–H and O–H groups in total. The van der Waals surface area contributed by atoms with Gasteiger partial charge in [0.2, 0.25) is 5.91 Å².